The van der Waals surface area contributed by atoms with Gasteiger partial charge in [-0.25, -0.2) is 9.97 Å². The van der Waals surface area contributed by atoms with Crippen molar-refractivity contribution < 1.29 is 0 Å². The number of fused-ring (bicyclic) bond motifs is 1. The molecule has 0 saturated carbocycles. The number of rotatable bonds is 6. The van der Waals surface area contributed by atoms with Gasteiger partial charge in [0.15, 0.2) is 5.65 Å². The first kappa shape index (κ1) is 13.7. The molecule has 0 bridgehead atoms. The van der Waals surface area contributed by atoms with Crippen LogP contribution in [-0.4, -0.2) is 37.7 Å². The van der Waals surface area contributed by atoms with E-state index >= 15 is 0 Å². The van der Waals surface area contributed by atoms with Gasteiger partial charge in [0.05, 0.1) is 18.1 Å². The number of nitrogens with zero attached hydrogens (tertiary/aromatic N) is 5. The summed E-state index contributed by atoms with van der Waals surface area (Å²) >= 11 is 0. The Balaban J connectivity index is 2.26. The van der Waals surface area contributed by atoms with Gasteiger partial charge in [-0.15, -0.1) is 0 Å². The van der Waals surface area contributed by atoms with Crippen LogP contribution < -0.4 is 5.73 Å². The summed E-state index contributed by atoms with van der Waals surface area (Å²) in [6.45, 7) is 7.22. The van der Waals surface area contributed by atoms with Gasteiger partial charge < -0.3 is 5.73 Å². The highest BCUT2D eigenvalue weighted by molar-refractivity contribution is 5.84. The lowest BCUT2D eigenvalue weighted by molar-refractivity contribution is 0.260. The van der Waals surface area contributed by atoms with E-state index in [1.807, 2.05) is 7.05 Å². The molecule has 0 radical (unpaired) electrons. The minimum absolute atomic E-state index is 0.515. The molecule has 0 aliphatic rings. The molecule has 0 unspecified atom stereocenters. The van der Waals surface area contributed by atoms with Gasteiger partial charge in [0, 0.05) is 7.05 Å². The number of aryl methyl sites for hydroxylation is 1. The molecule has 0 saturated heterocycles. The molecule has 0 aromatic carbocycles. The number of hydrogen-bond acceptors (Lipinski definition) is 5. The molecule has 6 heteroatoms. The van der Waals surface area contributed by atoms with Crippen molar-refractivity contribution >= 4 is 16.9 Å². The zero-order valence-corrected chi connectivity index (χ0v) is 11.9. The molecule has 0 amide bonds. The summed E-state index contributed by atoms with van der Waals surface area (Å²) in [6.07, 6.45) is 3.97. The minimum Gasteiger partial charge on any atom is -0.383 e. The van der Waals surface area contributed by atoms with Gasteiger partial charge >= 0.3 is 0 Å². The zero-order chi connectivity index (χ0) is 13.8. The first-order valence-corrected chi connectivity index (χ1v) is 6.82. The Morgan fingerprint density at radius 2 is 1.89 bits per heavy atom. The highest BCUT2D eigenvalue weighted by Crippen LogP contribution is 2.17. The molecule has 2 aromatic heterocycles. The van der Waals surface area contributed by atoms with Crippen LogP contribution >= 0.6 is 0 Å². The predicted molar refractivity (Wildman–Crippen MR) is 76.6 cm³/mol. The SMILES string of the molecule is CCCN(CCC)Cc1nc(N)c2cnn(C)c2n1. The van der Waals surface area contributed by atoms with Crippen molar-refractivity contribution in [2.75, 3.05) is 18.8 Å². The summed E-state index contributed by atoms with van der Waals surface area (Å²) in [5.74, 6) is 1.29. The Labute approximate surface area is 113 Å². The number of anilines is 1. The summed E-state index contributed by atoms with van der Waals surface area (Å²) in [4.78, 5) is 11.3. The second-order valence-corrected chi connectivity index (χ2v) is 4.81. The monoisotopic (exact) mass is 262 g/mol. The Kier molecular flexibility index (Phi) is 4.31. The summed E-state index contributed by atoms with van der Waals surface area (Å²) in [6, 6.07) is 0. The molecule has 0 aliphatic carbocycles. The molecule has 2 N–H and O–H groups in total. The fourth-order valence-electron chi connectivity index (χ4n) is 2.26. The average Bonchev–Trinajstić information content (AvgIpc) is 2.73. The Morgan fingerprint density at radius 3 is 2.53 bits per heavy atom. The molecule has 2 aromatic rings. The van der Waals surface area contributed by atoms with Crippen LogP contribution in [0, 0.1) is 0 Å². The maximum Gasteiger partial charge on any atom is 0.163 e. The molecule has 6 nitrogen and oxygen atoms in total. The van der Waals surface area contributed by atoms with Crippen LogP contribution in [0.25, 0.3) is 11.0 Å². The Bertz CT molecular complexity index is 541. The molecule has 0 aliphatic heterocycles. The molecule has 0 atom stereocenters. The van der Waals surface area contributed by atoms with E-state index in [4.69, 9.17) is 5.73 Å². The van der Waals surface area contributed by atoms with Crippen molar-refractivity contribution in [2.24, 2.45) is 7.05 Å². The quantitative estimate of drug-likeness (QED) is 0.855. The van der Waals surface area contributed by atoms with E-state index in [0.717, 1.165) is 49.3 Å². The van der Waals surface area contributed by atoms with E-state index < -0.39 is 0 Å². The van der Waals surface area contributed by atoms with Gasteiger partial charge in [0.2, 0.25) is 0 Å². The van der Waals surface area contributed by atoms with Crippen LogP contribution in [0.3, 0.4) is 0 Å². The van der Waals surface area contributed by atoms with E-state index in [0.29, 0.717) is 5.82 Å². The van der Waals surface area contributed by atoms with E-state index in [1.54, 1.807) is 10.9 Å². The summed E-state index contributed by atoms with van der Waals surface area (Å²) in [5.41, 5.74) is 6.77. The number of nitrogens with two attached hydrogens (primary N) is 1. The third-order valence-corrected chi connectivity index (χ3v) is 3.11. The largest absolute Gasteiger partial charge is 0.383 e. The van der Waals surface area contributed by atoms with Crippen LogP contribution in [-0.2, 0) is 13.6 Å². The van der Waals surface area contributed by atoms with Crippen LogP contribution in [0.5, 0.6) is 0 Å². The smallest absolute Gasteiger partial charge is 0.163 e. The molecule has 0 spiro atoms. The van der Waals surface area contributed by atoms with Gasteiger partial charge in [0.25, 0.3) is 0 Å². The van der Waals surface area contributed by atoms with Gasteiger partial charge in [0.1, 0.15) is 11.6 Å². The second kappa shape index (κ2) is 5.97. The molecule has 0 fully saturated rings. The lowest BCUT2D eigenvalue weighted by Crippen LogP contribution is -2.26. The highest BCUT2D eigenvalue weighted by atomic mass is 15.3. The Morgan fingerprint density at radius 1 is 1.21 bits per heavy atom. The Hall–Kier alpha value is -1.69. The van der Waals surface area contributed by atoms with Crippen molar-refractivity contribution in [3.8, 4) is 0 Å². The minimum atomic E-state index is 0.515. The summed E-state index contributed by atoms with van der Waals surface area (Å²) in [5, 5.41) is 4.99. The third-order valence-electron chi connectivity index (χ3n) is 3.11. The standard InChI is InChI=1S/C13H22N6/c1-4-6-19(7-5-2)9-11-16-12(14)10-8-15-18(3)13(10)17-11/h8H,4-7,9H2,1-3H3,(H2,14,16,17). The van der Waals surface area contributed by atoms with E-state index in [1.165, 1.54) is 0 Å². The van der Waals surface area contributed by atoms with Crippen molar-refractivity contribution in [2.45, 2.75) is 33.2 Å². The average molecular weight is 262 g/mol. The maximum atomic E-state index is 5.97. The third kappa shape index (κ3) is 3.01. The number of nitrogen functional groups attached to an aromatic ring is 1. The predicted octanol–water partition coefficient (Wildman–Crippen LogP) is 1.57. The highest BCUT2D eigenvalue weighted by Gasteiger charge is 2.11. The fraction of sp³-hybridized carbons (Fsp3) is 0.615. The van der Waals surface area contributed by atoms with Crippen LogP contribution in [0.1, 0.15) is 32.5 Å². The molecular weight excluding hydrogens is 240 g/mol. The summed E-state index contributed by atoms with van der Waals surface area (Å²) in [7, 11) is 1.87. The topological polar surface area (TPSA) is 72.9 Å². The maximum absolute atomic E-state index is 5.97. The van der Waals surface area contributed by atoms with Gasteiger partial charge in [-0.05, 0) is 25.9 Å². The van der Waals surface area contributed by atoms with Crippen molar-refractivity contribution in [1.82, 2.24) is 24.6 Å². The molecule has 19 heavy (non-hydrogen) atoms. The number of aromatic nitrogens is 4. The van der Waals surface area contributed by atoms with E-state index in [9.17, 15) is 0 Å². The van der Waals surface area contributed by atoms with Crippen molar-refractivity contribution in [3.05, 3.63) is 12.0 Å². The molecular formula is C13H22N6. The first-order chi connectivity index (χ1) is 9.15. The van der Waals surface area contributed by atoms with Crippen molar-refractivity contribution in [1.29, 1.82) is 0 Å². The van der Waals surface area contributed by atoms with Crippen LogP contribution in [0.4, 0.5) is 5.82 Å². The van der Waals surface area contributed by atoms with E-state index in [2.05, 4.69) is 33.8 Å². The van der Waals surface area contributed by atoms with Gasteiger partial charge in [-0.2, -0.15) is 5.10 Å². The lowest BCUT2D eigenvalue weighted by Gasteiger charge is -2.19. The van der Waals surface area contributed by atoms with Crippen molar-refractivity contribution in [3.63, 3.8) is 0 Å². The fourth-order valence-corrected chi connectivity index (χ4v) is 2.26. The zero-order valence-electron chi connectivity index (χ0n) is 11.9. The second-order valence-electron chi connectivity index (χ2n) is 4.81. The summed E-state index contributed by atoms with van der Waals surface area (Å²) < 4.78 is 1.74. The number of hydrogen-bond donors (Lipinski definition) is 1. The first-order valence-electron chi connectivity index (χ1n) is 6.82. The lowest BCUT2D eigenvalue weighted by atomic mass is 10.3. The molecule has 104 valence electrons. The van der Waals surface area contributed by atoms with Crippen LogP contribution in [0.2, 0.25) is 0 Å². The van der Waals surface area contributed by atoms with E-state index in [-0.39, 0.29) is 0 Å². The van der Waals surface area contributed by atoms with Gasteiger partial charge in [-0.1, -0.05) is 13.8 Å². The molecule has 2 rings (SSSR count). The normalized spacial score (nSPS) is 11.6. The molecule has 2 heterocycles. The van der Waals surface area contributed by atoms with Crippen LogP contribution in [0.15, 0.2) is 6.20 Å². The van der Waals surface area contributed by atoms with Gasteiger partial charge in [-0.3, -0.25) is 9.58 Å².